The number of unbranched alkanes of at least 4 members (excludes halogenated alkanes) is 43. The van der Waals surface area contributed by atoms with Crippen LogP contribution in [-0.2, 0) is 14.3 Å². The van der Waals surface area contributed by atoms with Crippen molar-refractivity contribution in [1.82, 2.24) is 5.32 Å². The Hall–Kier alpha value is -1.92. The van der Waals surface area contributed by atoms with E-state index in [1.165, 1.54) is 263 Å². The molecule has 0 rings (SSSR count). The number of hydrogen-bond acceptors (Lipinski definition) is 5. The van der Waals surface area contributed by atoms with Gasteiger partial charge in [-0.3, -0.25) is 9.59 Å². The fourth-order valence-corrected chi connectivity index (χ4v) is 9.96. The van der Waals surface area contributed by atoms with Crippen LogP contribution in [0.4, 0.5) is 0 Å². The molecule has 2 atom stereocenters. The first-order chi connectivity index (χ1) is 35.5. The molecule has 0 heterocycles. The molecule has 0 bridgehead atoms. The van der Waals surface area contributed by atoms with E-state index in [-0.39, 0.29) is 18.5 Å². The van der Waals surface area contributed by atoms with Gasteiger partial charge in [-0.15, -0.1) is 0 Å². The molecule has 0 aliphatic carbocycles. The maximum absolute atomic E-state index is 12.4. The lowest BCUT2D eigenvalue weighted by Gasteiger charge is -2.22. The Labute approximate surface area is 449 Å². The molecular formula is C66H125NO5. The molecule has 0 spiro atoms. The summed E-state index contributed by atoms with van der Waals surface area (Å²) >= 11 is 0. The van der Waals surface area contributed by atoms with Crippen LogP contribution in [0.1, 0.15) is 348 Å². The molecule has 424 valence electrons. The van der Waals surface area contributed by atoms with E-state index < -0.39 is 12.1 Å². The first kappa shape index (κ1) is 70.1. The van der Waals surface area contributed by atoms with Crippen LogP contribution in [0.2, 0.25) is 0 Å². The molecule has 72 heavy (non-hydrogen) atoms. The number of aliphatic hydroxyl groups excluding tert-OH is 2. The van der Waals surface area contributed by atoms with Crippen molar-refractivity contribution in [3.05, 3.63) is 36.5 Å². The molecule has 0 saturated carbocycles. The van der Waals surface area contributed by atoms with Gasteiger partial charge in [0, 0.05) is 12.8 Å². The number of rotatable bonds is 60. The highest BCUT2D eigenvalue weighted by molar-refractivity contribution is 5.76. The minimum Gasteiger partial charge on any atom is -0.466 e. The molecule has 6 nitrogen and oxygen atoms in total. The average molecular weight is 1010 g/mol. The summed E-state index contributed by atoms with van der Waals surface area (Å²) in [6.07, 6.45) is 77.5. The highest BCUT2D eigenvalue weighted by atomic mass is 16.5. The summed E-state index contributed by atoms with van der Waals surface area (Å²) in [6.45, 7) is 4.92. The van der Waals surface area contributed by atoms with Gasteiger partial charge in [0.15, 0.2) is 0 Å². The zero-order chi connectivity index (χ0) is 52.2. The second kappa shape index (κ2) is 61.6. The Balaban J connectivity index is 3.35. The van der Waals surface area contributed by atoms with Crippen molar-refractivity contribution in [2.75, 3.05) is 13.2 Å². The van der Waals surface area contributed by atoms with Crippen LogP contribution in [-0.4, -0.2) is 47.4 Å². The third-order valence-electron chi connectivity index (χ3n) is 14.9. The summed E-state index contributed by atoms with van der Waals surface area (Å²) < 4.78 is 5.49. The zero-order valence-electron chi connectivity index (χ0n) is 48.4. The fourth-order valence-electron chi connectivity index (χ4n) is 9.96. The lowest BCUT2D eigenvalue weighted by molar-refractivity contribution is -0.143. The highest BCUT2D eigenvalue weighted by Crippen LogP contribution is 2.17. The van der Waals surface area contributed by atoms with E-state index in [9.17, 15) is 19.8 Å². The Morgan fingerprint density at radius 1 is 0.389 bits per heavy atom. The second-order valence-electron chi connectivity index (χ2n) is 22.1. The number of esters is 1. The quantitative estimate of drug-likeness (QED) is 0.0320. The summed E-state index contributed by atoms with van der Waals surface area (Å²) in [6, 6.07) is -0.540. The third-order valence-corrected chi connectivity index (χ3v) is 14.9. The van der Waals surface area contributed by atoms with Crippen LogP contribution in [0.3, 0.4) is 0 Å². The highest BCUT2D eigenvalue weighted by Gasteiger charge is 2.20. The Bertz CT molecular complexity index is 1170. The van der Waals surface area contributed by atoms with Gasteiger partial charge >= 0.3 is 5.97 Å². The first-order valence-corrected chi connectivity index (χ1v) is 32.2. The molecule has 6 heteroatoms. The van der Waals surface area contributed by atoms with Crippen molar-refractivity contribution < 1.29 is 24.5 Å². The number of carbonyl (C=O) groups excluding carboxylic acids is 2. The van der Waals surface area contributed by atoms with Gasteiger partial charge in [-0.25, -0.2) is 0 Å². The molecule has 1 amide bonds. The molecule has 0 saturated heterocycles. The topological polar surface area (TPSA) is 95.9 Å². The minimum atomic E-state index is -0.662. The van der Waals surface area contributed by atoms with E-state index in [0.29, 0.717) is 25.9 Å². The van der Waals surface area contributed by atoms with Crippen LogP contribution < -0.4 is 5.32 Å². The van der Waals surface area contributed by atoms with E-state index >= 15 is 0 Å². The number of hydrogen-bond donors (Lipinski definition) is 3. The van der Waals surface area contributed by atoms with Crippen LogP contribution >= 0.6 is 0 Å². The number of allylic oxidation sites excluding steroid dienone is 6. The predicted molar refractivity (Wildman–Crippen MR) is 315 cm³/mol. The van der Waals surface area contributed by atoms with Crippen LogP contribution in [0, 0.1) is 0 Å². The van der Waals surface area contributed by atoms with Crippen LogP contribution in [0.15, 0.2) is 36.5 Å². The maximum Gasteiger partial charge on any atom is 0.305 e. The van der Waals surface area contributed by atoms with Gasteiger partial charge in [-0.2, -0.15) is 0 Å². The number of aliphatic hydroxyl groups is 2. The SMILES string of the molecule is CCCCC/C=C\C/C=C\CCCCCCCCCC(=O)OCCCCCCCCCCCCCC/C=C\CCCCCCCCCCCCCCC(=O)NC(CO)C(O)CCCCCCCCCCCC. The minimum absolute atomic E-state index is 0.00806. The Kier molecular flexibility index (Phi) is 60.0. The van der Waals surface area contributed by atoms with Crippen molar-refractivity contribution in [3.8, 4) is 0 Å². The van der Waals surface area contributed by atoms with Gasteiger partial charge in [0.05, 0.1) is 25.4 Å². The monoisotopic (exact) mass is 1010 g/mol. The van der Waals surface area contributed by atoms with E-state index in [1.807, 2.05) is 0 Å². The van der Waals surface area contributed by atoms with Gasteiger partial charge in [0.2, 0.25) is 5.91 Å². The van der Waals surface area contributed by atoms with Crippen molar-refractivity contribution in [1.29, 1.82) is 0 Å². The lowest BCUT2D eigenvalue weighted by Crippen LogP contribution is -2.45. The van der Waals surface area contributed by atoms with Crippen LogP contribution in [0.25, 0.3) is 0 Å². The molecular weight excluding hydrogens is 887 g/mol. The van der Waals surface area contributed by atoms with E-state index in [0.717, 1.165) is 51.4 Å². The molecule has 2 unspecified atom stereocenters. The van der Waals surface area contributed by atoms with Gasteiger partial charge < -0.3 is 20.3 Å². The zero-order valence-corrected chi connectivity index (χ0v) is 48.4. The molecule has 0 radical (unpaired) electrons. The molecule has 3 N–H and O–H groups in total. The van der Waals surface area contributed by atoms with Gasteiger partial charge in [0.1, 0.15) is 0 Å². The van der Waals surface area contributed by atoms with Crippen molar-refractivity contribution in [3.63, 3.8) is 0 Å². The summed E-state index contributed by atoms with van der Waals surface area (Å²) in [5.74, 6) is -0.0277. The number of carbonyl (C=O) groups is 2. The van der Waals surface area contributed by atoms with E-state index in [1.54, 1.807) is 0 Å². The van der Waals surface area contributed by atoms with Crippen molar-refractivity contribution in [2.24, 2.45) is 0 Å². The van der Waals surface area contributed by atoms with E-state index in [2.05, 4.69) is 55.6 Å². The molecule has 0 aliphatic rings. The summed E-state index contributed by atoms with van der Waals surface area (Å²) in [5.41, 5.74) is 0. The fraction of sp³-hybridized carbons (Fsp3) is 0.879. The summed E-state index contributed by atoms with van der Waals surface area (Å²) in [4.78, 5) is 24.5. The van der Waals surface area contributed by atoms with Gasteiger partial charge in [0.25, 0.3) is 0 Å². The van der Waals surface area contributed by atoms with Crippen molar-refractivity contribution >= 4 is 11.9 Å². The Morgan fingerprint density at radius 2 is 0.694 bits per heavy atom. The van der Waals surface area contributed by atoms with Gasteiger partial charge in [-0.1, -0.05) is 288 Å². The largest absolute Gasteiger partial charge is 0.466 e. The van der Waals surface area contributed by atoms with E-state index in [4.69, 9.17) is 4.74 Å². The second-order valence-corrected chi connectivity index (χ2v) is 22.1. The Morgan fingerprint density at radius 3 is 1.10 bits per heavy atom. The smallest absolute Gasteiger partial charge is 0.305 e. The predicted octanol–water partition coefficient (Wildman–Crippen LogP) is 20.4. The van der Waals surface area contributed by atoms with Crippen molar-refractivity contribution in [2.45, 2.75) is 360 Å². The standard InChI is InChI=1S/C66H125NO5/c1-3-5-7-9-11-13-15-16-17-30-34-37-40-44-48-52-56-60-66(71)72-61-57-53-49-45-41-38-35-32-29-27-25-23-21-19-18-20-22-24-26-28-31-33-36-39-43-47-51-55-59-65(70)67-63(62-68)64(69)58-54-50-46-42-14-12-10-8-6-4-2/h11,13,16-19,63-64,68-69H,3-10,12,14-15,20-62H2,1-2H3,(H,67,70)/b13-11-,17-16-,19-18-. The summed E-state index contributed by atoms with van der Waals surface area (Å²) in [5, 5.41) is 23.2. The molecule has 0 aromatic heterocycles. The number of nitrogens with one attached hydrogen (secondary N) is 1. The number of amides is 1. The van der Waals surface area contributed by atoms with Gasteiger partial charge in [-0.05, 0) is 83.5 Å². The van der Waals surface area contributed by atoms with Crippen LogP contribution in [0.5, 0.6) is 0 Å². The summed E-state index contributed by atoms with van der Waals surface area (Å²) in [7, 11) is 0. The lowest BCUT2D eigenvalue weighted by atomic mass is 10.0. The normalized spacial score (nSPS) is 12.8. The molecule has 0 fully saturated rings. The third kappa shape index (κ3) is 57.4. The molecule has 0 aromatic rings. The first-order valence-electron chi connectivity index (χ1n) is 32.2. The average Bonchev–Trinajstić information content (AvgIpc) is 3.38. The molecule has 0 aliphatic heterocycles. The number of ether oxygens (including phenoxy) is 1. The molecule has 0 aromatic carbocycles. The maximum atomic E-state index is 12.4.